The van der Waals surface area contributed by atoms with Gasteiger partial charge in [-0.05, 0) is 25.2 Å². The maximum atomic E-state index is 11.8. The molecule has 1 fully saturated rings. The fourth-order valence-electron chi connectivity index (χ4n) is 1.91. The Morgan fingerprint density at radius 2 is 2.21 bits per heavy atom. The van der Waals surface area contributed by atoms with Crippen molar-refractivity contribution in [2.24, 2.45) is 17.6 Å². The van der Waals surface area contributed by atoms with Crippen LogP contribution in [0.3, 0.4) is 0 Å². The van der Waals surface area contributed by atoms with Crippen LogP contribution in [0.1, 0.15) is 32.6 Å². The third kappa shape index (κ3) is 2.71. The molecule has 3 nitrogen and oxygen atoms in total. The summed E-state index contributed by atoms with van der Waals surface area (Å²) < 4.78 is 0. The third-order valence-electron chi connectivity index (χ3n) is 3.26. The van der Waals surface area contributed by atoms with Gasteiger partial charge in [0, 0.05) is 20.1 Å². The molecule has 1 unspecified atom stereocenters. The molecule has 0 bridgehead atoms. The monoisotopic (exact) mass is 198 g/mol. The van der Waals surface area contributed by atoms with Crippen molar-refractivity contribution in [2.45, 2.75) is 32.6 Å². The minimum absolute atomic E-state index is 0.0278. The van der Waals surface area contributed by atoms with Crippen molar-refractivity contribution < 1.29 is 4.79 Å². The quantitative estimate of drug-likeness (QED) is 0.722. The van der Waals surface area contributed by atoms with Crippen molar-refractivity contribution >= 4 is 5.91 Å². The van der Waals surface area contributed by atoms with Crippen LogP contribution < -0.4 is 5.73 Å². The number of carbonyl (C=O) groups excluding carboxylic acids is 1. The van der Waals surface area contributed by atoms with Crippen LogP contribution in [0, 0.1) is 11.8 Å². The van der Waals surface area contributed by atoms with Gasteiger partial charge < -0.3 is 10.6 Å². The average Bonchev–Trinajstić information content (AvgIpc) is 2.12. The van der Waals surface area contributed by atoms with Gasteiger partial charge in [-0.1, -0.05) is 13.3 Å². The lowest BCUT2D eigenvalue weighted by Crippen LogP contribution is -2.40. The van der Waals surface area contributed by atoms with Crippen LogP contribution in [-0.2, 0) is 4.79 Å². The Bertz CT molecular complexity index is 186. The molecule has 0 spiro atoms. The predicted molar refractivity (Wildman–Crippen MR) is 57.8 cm³/mol. The SMILES string of the molecule is CCC(CN)C(=O)N(C)CC1CCC1. The van der Waals surface area contributed by atoms with Crippen LogP contribution in [0.15, 0.2) is 0 Å². The Labute approximate surface area is 86.6 Å². The molecule has 1 atom stereocenters. The summed E-state index contributed by atoms with van der Waals surface area (Å²) in [6.07, 6.45) is 4.76. The maximum absolute atomic E-state index is 11.8. The first-order chi connectivity index (χ1) is 6.69. The summed E-state index contributed by atoms with van der Waals surface area (Å²) in [5, 5.41) is 0. The molecule has 0 radical (unpaired) electrons. The molecule has 0 aromatic carbocycles. The molecular weight excluding hydrogens is 176 g/mol. The molecule has 1 rings (SSSR count). The molecule has 1 aliphatic rings. The summed E-state index contributed by atoms with van der Waals surface area (Å²) in [5.41, 5.74) is 5.55. The van der Waals surface area contributed by atoms with E-state index in [1.54, 1.807) is 0 Å². The van der Waals surface area contributed by atoms with Gasteiger partial charge in [-0.3, -0.25) is 4.79 Å². The molecule has 82 valence electrons. The summed E-state index contributed by atoms with van der Waals surface area (Å²) in [6.45, 7) is 3.42. The maximum Gasteiger partial charge on any atom is 0.226 e. The largest absolute Gasteiger partial charge is 0.345 e. The number of carbonyl (C=O) groups is 1. The van der Waals surface area contributed by atoms with Crippen LogP contribution in [0.5, 0.6) is 0 Å². The van der Waals surface area contributed by atoms with Crippen molar-refractivity contribution in [2.75, 3.05) is 20.1 Å². The normalized spacial score (nSPS) is 18.8. The summed E-state index contributed by atoms with van der Waals surface area (Å²) >= 11 is 0. The molecule has 1 aliphatic carbocycles. The Kier molecular flexibility index (Phi) is 4.39. The first kappa shape index (κ1) is 11.5. The lowest BCUT2D eigenvalue weighted by molar-refractivity contribution is -0.134. The first-order valence-corrected chi connectivity index (χ1v) is 5.64. The van der Waals surface area contributed by atoms with Crippen molar-refractivity contribution in [3.8, 4) is 0 Å². The molecule has 2 N–H and O–H groups in total. The Morgan fingerprint density at radius 1 is 1.57 bits per heavy atom. The summed E-state index contributed by atoms with van der Waals surface area (Å²) in [4.78, 5) is 13.7. The molecule has 14 heavy (non-hydrogen) atoms. The number of rotatable bonds is 5. The lowest BCUT2D eigenvalue weighted by Gasteiger charge is -2.31. The minimum Gasteiger partial charge on any atom is -0.345 e. The van der Waals surface area contributed by atoms with E-state index in [4.69, 9.17) is 5.73 Å². The van der Waals surface area contributed by atoms with E-state index < -0.39 is 0 Å². The van der Waals surface area contributed by atoms with Crippen LogP contribution in [0.2, 0.25) is 0 Å². The van der Waals surface area contributed by atoms with Gasteiger partial charge in [-0.15, -0.1) is 0 Å². The zero-order valence-electron chi connectivity index (χ0n) is 9.33. The van der Waals surface area contributed by atoms with Gasteiger partial charge in [0.2, 0.25) is 5.91 Å². The molecule has 0 aromatic rings. The van der Waals surface area contributed by atoms with Gasteiger partial charge in [0.15, 0.2) is 0 Å². The zero-order valence-corrected chi connectivity index (χ0v) is 9.33. The number of amides is 1. The van der Waals surface area contributed by atoms with Crippen molar-refractivity contribution in [3.63, 3.8) is 0 Å². The third-order valence-corrected chi connectivity index (χ3v) is 3.26. The van der Waals surface area contributed by atoms with Gasteiger partial charge in [-0.25, -0.2) is 0 Å². The highest BCUT2D eigenvalue weighted by atomic mass is 16.2. The summed E-state index contributed by atoms with van der Waals surface area (Å²) in [5.74, 6) is 1.00. The molecule has 0 saturated heterocycles. The number of hydrogen-bond donors (Lipinski definition) is 1. The second kappa shape index (κ2) is 5.35. The van der Waals surface area contributed by atoms with Gasteiger partial charge in [0.1, 0.15) is 0 Å². The van der Waals surface area contributed by atoms with Crippen LogP contribution >= 0.6 is 0 Å². The molecule has 0 aromatic heterocycles. The number of nitrogens with zero attached hydrogens (tertiary/aromatic N) is 1. The Balaban J connectivity index is 2.33. The Morgan fingerprint density at radius 3 is 2.57 bits per heavy atom. The van der Waals surface area contributed by atoms with Gasteiger partial charge in [0.25, 0.3) is 0 Å². The summed E-state index contributed by atoms with van der Waals surface area (Å²) in [7, 11) is 1.90. The van der Waals surface area contributed by atoms with Gasteiger partial charge >= 0.3 is 0 Å². The summed E-state index contributed by atoms with van der Waals surface area (Å²) in [6, 6.07) is 0. The topological polar surface area (TPSA) is 46.3 Å². The highest BCUT2D eigenvalue weighted by Crippen LogP contribution is 2.27. The number of nitrogens with two attached hydrogens (primary N) is 1. The van der Waals surface area contributed by atoms with E-state index in [1.807, 2.05) is 18.9 Å². The van der Waals surface area contributed by atoms with Crippen LogP contribution in [0.4, 0.5) is 0 Å². The highest BCUT2D eigenvalue weighted by molar-refractivity contribution is 5.78. The molecule has 0 aliphatic heterocycles. The van der Waals surface area contributed by atoms with E-state index in [-0.39, 0.29) is 11.8 Å². The van der Waals surface area contributed by atoms with E-state index in [1.165, 1.54) is 19.3 Å². The minimum atomic E-state index is 0.0278. The first-order valence-electron chi connectivity index (χ1n) is 5.64. The second-order valence-corrected chi connectivity index (χ2v) is 4.36. The average molecular weight is 198 g/mol. The second-order valence-electron chi connectivity index (χ2n) is 4.36. The van der Waals surface area contributed by atoms with Crippen LogP contribution in [-0.4, -0.2) is 30.9 Å². The van der Waals surface area contributed by atoms with E-state index in [9.17, 15) is 4.79 Å². The van der Waals surface area contributed by atoms with E-state index in [2.05, 4.69) is 0 Å². The molecule has 1 saturated carbocycles. The van der Waals surface area contributed by atoms with Crippen molar-refractivity contribution in [1.29, 1.82) is 0 Å². The van der Waals surface area contributed by atoms with E-state index in [0.717, 1.165) is 18.9 Å². The Hall–Kier alpha value is -0.570. The smallest absolute Gasteiger partial charge is 0.226 e. The molecular formula is C11H22N2O. The molecule has 0 heterocycles. The standard InChI is InChI=1S/C11H22N2O/c1-3-10(7-12)11(14)13(2)8-9-5-4-6-9/h9-10H,3-8,12H2,1-2H3. The highest BCUT2D eigenvalue weighted by Gasteiger charge is 2.24. The molecule has 1 amide bonds. The fourth-order valence-corrected chi connectivity index (χ4v) is 1.91. The fraction of sp³-hybridized carbons (Fsp3) is 0.909. The zero-order chi connectivity index (χ0) is 10.6. The van der Waals surface area contributed by atoms with Crippen molar-refractivity contribution in [1.82, 2.24) is 4.90 Å². The lowest BCUT2D eigenvalue weighted by atomic mass is 9.85. The van der Waals surface area contributed by atoms with Crippen molar-refractivity contribution in [3.05, 3.63) is 0 Å². The van der Waals surface area contributed by atoms with Crippen LogP contribution in [0.25, 0.3) is 0 Å². The van der Waals surface area contributed by atoms with Gasteiger partial charge in [0.05, 0.1) is 5.92 Å². The van der Waals surface area contributed by atoms with Gasteiger partial charge in [-0.2, -0.15) is 0 Å². The van der Waals surface area contributed by atoms with E-state index >= 15 is 0 Å². The van der Waals surface area contributed by atoms with E-state index in [0.29, 0.717) is 6.54 Å². The predicted octanol–water partition coefficient (Wildman–Crippen LogP) is 1.23. The molecule has 3 heteroatoms. The number of hydrogen-bond acceptors (Lipinski definition) is 2.